The molecule has 2 fully saturated rings. The predicted octanol–water partition coefficient (Wildman–Crippen LogP) is 1.59. The fourth-order valence-electron chi connectivity index (χ4n) is 4.69. The number of Topliss-reactive ketones (excluding diaryl/α,β-unsaturated/α-hetero) is 1. The Bertz CT molecular complexity index is 681. The van der Waals surface area contributed by atoms with Crippen LogP contribution >= 0.6 is 0 Å². The van der Waals surface area contributed by atoms with Crippen molar-refractivity contribution in [3.8, 4) is 0 Å². The Balaban J connectivity index is 2.23. The number of esters is 1. The zero-order chi connectivity index (χ0) is 25.1. The summed E-state index contributed by atoms with van der Waals surface area (Å²) in [5, 5.41) is 31.7. The van der Waals surface area contributed by atoms with Gasteiger partial charge in [0.05, 0.1) is 35.4 Å². The van der Waals surface area contributed by atoms with Crippen LogP contribution in [-0.2, 0) is 28.5 Å². The van der Waals surface area contributed by atoms with Crippen molar-refractivity contribution in [1.82, 2.24) is 0 Å². The van der Waals surface area contributed by atoms with Crippen LogP contribution in [-0.4, -0.2) is 82.7 Å². The van der Waals surface area contributed by atoms with Gasteiger partial charge < -0.3 is 34.3 Å². The van der Waals surface area contributed by atoms with Crippen molar-refractivity contribution in [3.63, 3.8) is 0 Å². The van der Waals surface area contributed by atoms with Crippen LogP contribution in [0.25, 0.3) is 0 Å². The van der Waals surface area contributed by atoms with E-state index in [0.717, 1.165) is 0 Å². The third-order valence-corrected chi connectivity index (χ3v) is 7.46. The summed E-state index contributed by atoms with van der Waals surface area (Å²) in [4.78, 5) is 25.5. The third kappa shape index (κ3) is 6.96. The Morgan fingerprint density at radius 3 is 2.24 bits per heavy atom. The normalized spacial score (nSPS) is 46.6. The van der Waals surface area contributed by atoms with Crippen molar-refractivity contribution in [2.75, 3.05) is 13.7 Å². The second kappa shape index (κ2) is 11.1. The first-order chi connectivity index (χ1) is 15.2. The number of aliphatic hydroxyl groups is 3. The molecule has 0 aromatic heterocycles. The van der Waals surface area contributed by atoms with Crippen LogP contribution in [0.4, 0.5) is 0 Å². The maximum Gasteiger partial charge on any atom is 0.311 e. The maximum absolute atomic E-state index is 12.7. The molecule has 33 heavy (non-hydrogen) atoms. The Hall–Kier alpha value is -1.10. The van der Waals surface area contributed by atoms with E-state index in [1.807, 2.05) is 13.8 Å². The SMILES string of the molecule is COC1(C)CC(O[C@H]2CC[C@](C)(O)C[C@@H](C)C(=O)C(C)C(O)C(O)COC(=O)C2C)OC1C. The molecule has 2 heterocycles. The molecular formula is C24H42O9. The Kier molecular flexibility index (Phi) is 9.46. The van der Waals surface area contributed by atoms with Gasteiger partial charge in [0.1, 0.15) is 18.5 Å². The number of ether oxygens (including phenoxy) is 4. The molecular weight excluding hydrogens is 432 g/mol. The molecule has 10 atom stereocenters. The lowest BCUT2D eigenvalue weighted by Gasteiger charge is -2.33. The van der Waals surface area contributed by atoms with E-state index in [9.17, 15) is 24.9 Å². The summed E-state index contributed by atoms with van der Waals surface area (Å²) in [5.41, 5.74) is -1.72. The number of aliphatic hydroxyl groups excluding tert-OH is 2. The quantitative estimate of drug-likeness (QED) is 0.522. The molecule has 0 bridgehead atoms. The largest absolute Gasteiger partial charge is 0.463 e. The molecule has 0 amide bonds. The Labute approximate surface area is 196 Å². The van der Waals surface area contributed by atoms with Crippen LogP contribution in [0.3, 0.4) is 0 Å². The summed E-state index contributed by atoms with van der Waals surface area (Å²) in [6, 6.07) is 0. The van der Waals surface area contributed by atoms with Gasteiger partial charge in [0, 0.05) is 25.4 Å². The highest BCUT2D eigenvalue weighted by molar-refractivity contribution is 5.83. The van der Waals surface area contributed by atoms with Crippen molar-refractivity contribution in [2.45, 2.75) is 109 Å². The summed E-state index contributed by atoms with van der Waals surface area (Å²) in [6.45, 7) is 9.94. The topological polar surface area (TPSA) is 132 Å². The molecule has 3 N–H and O–H groups in total. The van der Waals surface area contributed by atoms with E-state index in [0.29, 0.717) is 12.8 Å². The second-order valence-corrected chi connectivity index (χ2v) is 10.4. The number of hydrogen-bond donors (Lipinski definition) is 3. The Morgan fingerprint density at radius 1 is 1.03 bits per heavy atom. The fourth-order valence-corrected chi connectivity index (χ4v) is 4.69. The monoisotopic (exact) mass is 474 g/mol. The lowest BCUT2D eigenvalue weighted by atomic mass is 9.80. The molecule has 7 unspecified atom stereocenters. The van der Waals surface area contributed by atoms with E-state index in [-0.39, 0.29) is 24.7 Å². The number of ketones is 1. The van der Waals surface area contributed by atoms with Crippen LogP contribution in [0.1, 0.15) is 67.2 Å². The van der Waals surface area contributed by atoms with E-state index >= 15 is 0 Å². The summed E-state index contributed by atoms with van der Waals surface area (Å²) < 4.78 is 22.9. The number of hydrogen-bond acceptors (Lipinski definition) is 9. The summed E-state index contributed by atoms with van der Waals surface area (Å²) in [5.74, 6) is -2.97. The van der Waals surface area contributed by atoms with E-state index in [2.05, 4.69) is 0 Å². The number of carbonyl (C=O) groups excluding carboxylic acids is 2. The van der Waals surface area contributed by atoms with Gasteiger partial charge in [-0.15, -0.1) is 0 Å². The molecule has 2 aliphatic rings. The molecule has 0 spiro atoms. The molecule has 2 saturated heterocycles. The van der Waals surface area contributed by atoms with Crippen molar-refractivity contribution >= 4 is 11.8 Å². The van der Waals surface area contributed by atoms with Gasteiger partial charge in [-0.1, -0.05) is 13.8 Å². The van der Waals surface area contributed by atoms with Crippen LogP contribution in [0.15, 0.2) is 0 Å². The summed E-state index contributed by atoms with van der Waals surface area (Å²) in [7, 11) is 1.62. The first-order valence-corrected chi connectivity index (χ1v) is 11.9. The summed E-state index contributed by atoms with van der Waals surface area (Å²) in [6.07, 6.45) is -2.93. The van der Waals surface area contributed by atoms with Gasteiger partial charge in [0.2, 0.25) is 0 Å². The lowest BCUT2D eigenvalue weighted by molar-refractivity contribution is -0.188. The fraction of sp³-hybridized carbons (Fsp3) is 0.917. The number of methoxy groups -OCH3 is 1. The van der Waals surface area contributed by atoms with Gasteiger partial charge in [-0.3, -0.25) is 9.59 Å². The molecule has 0 radical (unpaired) electrons. The van der Waals surface area contributed by atoms with Crippen molar-refractivity contribution in [3.05, 3.63) is 0 Å². The smallest absolute Gasteiger partial charge is 0.311 e. The van der Waals surface area contributed by atoms with E-state index in [1.54, 1.807) is 27.9 Å². The maximum atomic E-state index is 12.7. The molecule has 0 aliphatic carbocycles. The first kappa shape index (κ1) is 28.1. The van der Waals surface area contributed by atoms with Crippen LogP contribution < -0.4 is 0 Å². The summed E-state index contributed by atoms with van der Waals surface area (Å²) >= 11 is 0. The number of rotatable bonds is 3. The van der Waals surface area contributed by atoms with Gasteiger partial charge >= 0.3 is 5.97 Å². The molecule has 9 nitrogen and oxygen atoms in total. The minimum absolute atomic E-state index is 0.184. The first-order valence-electron chi connectivity index (χ1n) is 11.9. The van der Waals surface area contributed by atoms with Crippen molar-refractivity contribution in [2.24, 2.45) is 17.8 Å². The number of carbonyl (C=O) groups is 2. The van der Waals surface area contributed by atoms with Gasteiger partial charge in [-0.05, 0) is 47.0 Å². The highest BCUT2D eigenvalue weighted by Crippen LogP contribution is 2.36. The average Bonchev–Trinajstić information content (AvgIpc) is 3.05. The molecule has 0 aromatic rings. The van der Waals surface area contributed by atoms with Crippen molar-refractivity contribution in [1.29, 1.82) is 0 Å². The van der Waals surface area contributed by atoms with E-state index < -0.39 is 66.1 Å². The van der Waals surface area contributed by atoms with Gasteiger partial charge in [-0.25, -0.2) is 0 Å². The minimum atomic E-state index is -1.41. The average molecular weight is 475 g/mol. The molecule has 192 valence electrons. The molecule has 2 rings (SSSR count). The van der Waals surface area contributed by atoms with Crippen LogP contribution in [0.2, 0.25) is 0 Å². The predicted molar refractivity (Wildman–Crippen MR) is 119 cm³/mol. The number of cyclic esters (lactones) is 1. The van der Waals surface area contributed by atoms with Crippen molar-refractivity contribution < 1.29 is 43.9 Å². The molecule has 0 aromatic carbocycles. The van der Waals surface area contributed by atoms with Gasteiger partial charge in [0.25, 0.3) is 0 Å². The molecule has 9 heteroatoms. The highest BCUT2D eigenvalue weighted by Gasteiger charge is 2.45. The molecule has 2 aliphatic heterocycles. The van der Waals surface area contributed by atoms with E-state index in [4.69, 9.17) is 18.9 Å². The van der Waals surface area contributed by atoms with Gasteiger partial charge in [-0.2, -0.15) is 0 Å². The minimum Gasteiger partial charge on any atom is -0.463 e. The highest BCUT2D eigenvalue weighted by atomic mass is 16.7. The molecule has 0 saturated carbocycles. The second-order valence-electron chi connectivity index (χ2n) is 10.4. The lowest BCUT2D eigenvalue weighted by Crippen LogP contribution is -2.44. The third-order valence-electron chi connectivity index (χ3n) is 7.46. The van der Waals surface area contributed by atoms with E-state index in [1.165, 1.54) is 6.92 Å². The Morgan fingerprint density at radius 2 is 1.67 bits per heavy atom. The standard InChI is InChI=1S/C24H42O9/c1-13-10-23(5,29)9-8-18(33-19-11-24(6,30-7)16(4)32-19)14(2)22(28)31-12-17(25)21(27)15(3)20(13)26/h13-19,21,25,27,29H,8-12H2,1-7H3/t13-,14?,15?,16?,17?,18+,19?,21?,23+,24?/m1/s1. The zero-order valence-electron chi connectivity index (χ0n) is 20.9. The zero-order valence-corrected chi connectivity index (χ0v) is 20.9. The van der Waals surface area contributed by atoms with Crippen LogP contribution in [0.5, 0.6) is 0 Å². The van der Waals surface area contributed by atoms with Gasteiger partial charge in [0.15, 0.2) is 6.29 Å². The van der Waals surface area contributed by atoms with Crippen LogP contribution in [0, 0.1) is 17.8 Å².